The van der Waals surface area contributed by atoms with E-state index >= 15 is 0 Å². The lowest BCUT2D eigenvalue weighted by Crippen LogP contribution is -2.16. The van der Waals surface area contributed by atoms with Gasteiger partial charge < -0.3 is 10.6 Å². The average Bonchev–Trinajstić information content (AvgIpc) is 2.65. The Balaban J connectivity index is 1.78. The highest BCUT2D eigenvalue weighted by Gasteiger charge is 2.15. The van der Waals surface area contributed by atoms with Gasteiger partial charge in [0.1, 0.15) is 17.3 Å². The summed E-state index contributed by atoms with van der Waals surface area (Å²) in [6, 6.07) is 15.6. The van der Waals surface area contributed by atoms with Gasteiger partial charge >= 0.3 is 0 Å². The number of carbonyl (C=O) groups is 2. The van der Waals surface area contributed by atoms with E-state index in [1.807, 2.05) is 0 Å². The van der Waals surface area contributed by atoms with Crippen LogP contribution in [0.3, 0.4) is 0 Å². The molecule has 3 aromatic rings. The van der Waals surface area contributed by atoms with Crippen molar-refractivity contribution in [3.63, 3.8) is 0 Å². The Labute approximate surface area is 158 Å². The maximum Gasteiger partial charge on any atom is 0.255 e. The first-order valence-electron chi connectivity index (χ1n) is 7.86. The van der Waals surface area contributed by atoms with E-state index in [2.05, 4.69) is 10.6 Å². The molecule has 0 aliphatic rings. The van der Waals surface area contributed by atoms with E-state index in [0.29, 0.717) is 10.7 Å². The van der Waals surface area contributed by atoms with Gasteiger partial charge in [-0.3, -0.25) is 9.59 Å². The highest BCUT2D eigenvalue weighted by Crippen LogP contribution is 2.20. The number of para-hydroxylation sites is 1. The Morgan fingerprint density at radius 3 is 1.93 bits per heavy atom. The molecule has 7 heteroatoms. The van der Waals surface area contributed by atoms with Crippen LogP contribution in [0.4, 0.5) is 20.2 Å². The summed E-state index contributed by atoms with van der Waals surface area (Å²) in [4.78, 5) is 24.7. The SMILES string of the molecule is O=C(Nc1cccc(Cl)c1)c1cccc(C(=O)Nc2c(F)cccc2F)c1. The zero-order chi connectivity index (χ0) is 19.4. The predicted molar refractivity (Wildman–Crippen MR) is 100 cm³/mol. The Hall–Kier alpha value is -3.25. The van der Waals surface area contributed by atoms with Crippen molar-refractivity contribution in [1.82, 2.24) is 0 Å². The number of benzene rings is 3. The standard InChI is InChI=1S/C20H13ClF2N2O2/c21-14-6-2-7-15(11-14)24-19(26)12-4-1-5-13(10-12)20(27)25-18-16(22)8-3-9-17(18)23/h1-11H,(H,24,26)(H,25,27). The summed E-state index contributed by atoms with van der Waals surface area (Å²) in [5.41, 5.74) is 0.236. The van der Waals surface area contributed by atoms with E-state index in [1.54, 1.807) is 24.3 Å². The number of amides is 2. The largest absolute Gasteiger partial charge is 0.322 e. The lowest BCUT2D eigenvalue weighted by molar-refractivity contribution is 0.102. The number of nitrogens with one attached hydrogen (secondary N) is 2. The molecule has 3 rings (SSSR count). The second kappa shape index (κ2) is 7.97. The monoisotopic (exact) mass is 386 g/mol. The van der Waals surface area contributed by atoms with Crippen LogP contribution in [0.5, 0.6) is 0 Å². The Morgan fingerprint density at radius 1 is 0.741 bits per heavy atom. The van der Waals surface area contributed by atoms with Crippen molar-refractivity contribution in [3.8, 4) is 0 Å². The lowest BCUT2D eigenvalue weighted by atomic mass is 10.1. The van der Waals surface area contributed by atoms with E-state index < -0.39 is 29.1 Å². The third-order valence-corrected chi connectivity index (χ3v) is 3.91. The molecule has 136 valence electrons. The quantitative estimate of drug-likeness (QED) is 0.653. The number of anilines is 2. The zero-order valence-electron chi connectivity index (χ0n) is 13.8. The molecule has 4 nitrogen and oxygen atoms in total. The predicted octanol–water partition coefficient (Wildman–Crippen LogP) is 5.12. The number of carbonyl (C=O) groups excluding carboxylic acids is 2. The molecule has 3 aromatic carbocycles. The summed E-state index contributed by atoms with van der Waals surface area (Å²) in [6.45, 7) is 0. The van der Waals surface area contributed by atoms with E-state index in [0.717, 1.165) is 12.1 Å². The van der Waals surface area contributed by atoms with Crippen LogP contribution < -0.4 is 10.6 Å². The summed E-state index contributed by atoms with van der Waals surface area (Å²) in [5, 5.41) is 5.30. The first-order chi connectivity index (χ1) is 12.9. The van der Waals surface area contributed by atoms with Crippen LogP contribution in [0.1, 0.15) is 20.7 Å². The first kappa shape index (κ1) is 18.5. The molecule has 27 heavy (non-hydrogen) atoms. The van der Waals surface area contributed by atoms with Gasteiger partial charge in [-0.25, -0.2) is 8.78 Å². The molecule has 2 amide bonds. The highest BCUT2D eigenvalue weighted by molar-refractivity contribution is 6.31. The summed E-state index contributed by atoms with van der Waals surface area (Å²) < 4.78 is 27.4. The van der Waals surface area contributed by atoms with Crippen LogP contribution in [0.15, 0.2) is 66.7 Å². The van der Waals surface area contributed by atoms with Crippen LogP contribution in [0, 0.1) is 11.6 Å². The minimum absolute atomic E-state index is 0.0800. The summed E-state index contributed by atoms with van der Waals surface area (Å²) in [6.07, 6.45) is 0. The fraction of sp³-hybridized carbons (Fsp3) is 0. The van der Waals surface area contributed by atoms with Crippen molar-refractivity contribution in [3.05, 3.63) is 94.5 Å². The Bertz CT molecular complexity index is 1000. The van der Waals surface area contributed by atoms with Crippen molar-refractivity contribution < 1.29 is 18.4 Å². The number of halogens is 3. The fourth-order valence-corrected chi connectivity index (χ4v) is 2.56. The van der Waals surface area contributed by atoms with Gasteiger partial charge in [-0.05, 0) is 48.5 Å². The third kappa shape index (κ3) is 4.48. The molecule has 0 bridgehead atoms. The van der Waals surface area contributed by atoms with E-state index in [4.69, 9.17) is 11.6 Å². The van der Waals surface area contributed by atoms with Crippen molar-refractivity contribution in [2.24, 2.45) is 0 Å². The normalized spacial score (nSPS) is 10.3. The molecule has 0 aliphatic heterocycles. The molecule has 0 heterocycles. The summed E-state index contributed by atoms with van der Waals surface area (Å²) >= 11 is 5.88. The van der Waals surface area contributed by atoms with Crippen LogP contribution in [0.25, 0.3) is 0 Å². The van der Waals surface area contributed by atoms with Gasteiger partial charge in [-0.2, -0.15) is 0 Å². The molecule has 0 aromatic heterocycles. The van der Waals surface area contributed by atoms with Gasteiger partial charge in [0.05, 0.1) is 0 Å². The van der Waals surface area contributed by atoms with Gasteiger partial charge in [-0.1, -0.05) is 29.8 Å². The molecule has 0 fully saturated rings. The molecule has 0 aliphatic carbocycles. The molecule has 2 N–H and O–H groups in total. The van der Waals surface area contributed by atoms with Crippen LogP contribution in [0.2, 0.25) is 5.02 Å². The van der Waals surface area contributed by atoms with Crippen molar-refractivity contribution in [1.29, 1.82) is 0 Å². The lowest BCUT2D eigenvalue weighted by Gasteiger charge is -2.09. The molecular formula is C20H13ClF2N2O2. The number of hydrogen-bond acceptors (Lipinski definition) is 2. The topological polar surface area (TPSA) is 58.2 Å². The minimum atomic E-state index is -0.891. The van der Waals surface area contributed by atoms with Gasteiger partial charge in [0, 0.05) is 21.8 Å². The van der Waals surface area contributed by atoms with Crippen molar-refractivity contribution in [2.45, 2.75) is 0 Å². The number of hydrogen-bond donors (Lipinski definition) is 2. The highest BCUT2D eigenvalue weighted by atomic mass is 35.5. The average molecular weight is 387 g/mol. The van der Waals surface area contributed by atoms with Crippen LogP contribution in [-0.2, 0) is 0 Å². The Morgan fingerprint density at radius 2 is 1.30 bits per heavy atom. The molecular weight excluding hydrogens is 374 g/mol. The van der Waals surface area contributed by atoms with Gasteiger partial charge in [-0.15, -0.1) is 0 Å². The maximum absolute atomic E-state index is 13.7. The van der Waals surface area contributed by atoms with Gasteiger partial charge in [0.15, 0.2) is 0 Å². The van der Waals surface area contributed by atoms with E-state index in [-0.39, 0.29) is 11.1 Å². The molecule has 0 saturated heterocycles. The molecule has 0 radical (unpaired) electrons. The molecule has 0 unspecified atom stereocenters. The summed E-state index contributed by atoms with van der Waals surface area (Å²) in [5.74, 6) is -2.98. The molecule has 0 atom stereocenters. The van der Waals surface area contributed by atoms with E-state index in [1.165, 1.54) is 30.3 Å². The maximum atomic E-state index is 13.7. The Kier molecular flexibility index (Phi) is 5.47. The second-order valence-electron chi connectivity index (χ2n) is 5.60. The summed E-state index contributed by atoms with van der Waals surface area (Å²) in [7, 11) is 0. The zero-order valence-corrected chi connectivity index (χ0v) is 14.6. The third-order valence-electron chi connectivity index (χ3n) is 3.67. The van der Waals surface area contributed by atoms with E-state index in [9.17, 15) is 18.4 Å². The molecule has 0 saturated carbocycles. The van der Waals surface area contributed by atoms with Crippen LogP contribution in [-0.4, -0.2) is 11.8 Å². The van der Waals surface area contributed by atoms with Crippen molar-refractivity contribution in [2.75, 3.05) is 10.6 Å². The van der Waals surface area contributed by atoms with Crippen LogP contribution >= 0.6 is 11.6 Å². The van der Waals surface area contributed by atoms with Gasteiger partial charge in [0.2, 0.25) is 0 Å². The van der Waals surface area contributed by atoms with Gasteiger partial charge in [0.25, 0.3) is 11.8 Å². The second-order valence-corrected chi connectivity index (χ2v) is 6.03. The minimum Gasteiger partial charge on any atom is -0.322 e. The fourth-order valence-electron chi connectivity index (χ4n) is 2.37. The smallest absolute Gasteiger partial charge is 0.255 e. The first-order valence-corrected chi connectivity index (χ1v) is 8.24. The number of rotatable bonds is 4. The van der Waals surface area contributed by atoms with Crippen molar-refractivity contribution >= 4 is 34.8 Å². The molecule has 0 spiro atoms.